The maximum Gasteiger partial charge on any atom is 0.252 e. The molecule has 1 aliphatic heterocycles. The summed E-state index contributed by atoms with van der Waals surface area (Å²) in [6.45, 7) is 8.35. The van der Waals surface area contributed by atoms with Gasteiger partial charge in [-0.3, -0.25) is 9.69 Å². The van der Waals surface area contributed by atoms with Gasteiger partial charge in [-0.15, -0.1) is 0 Å². The Morgan fingerprint density at radius 3 is 2.52 bits per heavy atom. The van der Waals surface area contributed by atoms with Crippen molar-refractivity contribution in [2.24, 2.45) is 0 Å². The normalized spacial score (nSPS) is 16.1. The first kappa shape index (κ1) is 19.1. The summed E-state index contributed by atoms with van der Waals surface area (Å²) in [6, 6.07) is 9.83. The van der Waals surface area contributed by atoms with E-state index in [0.29, 0.717) is 19.0 Å². The fourth-order valence-electron chi connectivity index (χ4n) is 4.05. The van der Waals surface area contributed by atoms with Crippen molar-refractivity contribution in [1.82, 2.24) is 19.7 Å². The molecule has 0 fully saturated rings. The number of aromatic nitrogens is 4. The van der Waals surface area contributed by atoms with Crippen LogP contribution in [-0.4, -0.2) is 39.3 Å². The van der Waals surface area contributed by atoms with Crippen molar-refractivity contribution in [3.63, 3.8) is 0 Å². The van der Waals surface area contributed by atoms with E-state index < -0.39 is 0 Å². The highest BCUT2D eigenvalue weighted by atomic mass is 16.5. The van der Waals surface area contributed by atoms with Gasteiger partial charge in [0.05, 0.1) is 12.3 Å². The fraction of sp³-hybridized carbons (Fsp3) is 0.364. The van der Waals surface area contributed by atoms with Crippen LogP contribution in [0, 0.1) is 20.8 Å². The van der Waals surface area contributed by atoms with Gasteiger partial charge in [0, 0.05) is 41.9 Å². The third kappa shape index (κ3) is 3.26. The van der Waals surface area contributed by atoms with Crippen LogP contribution in [0.1, 0.15) is 47.5 Å². The number of carbonyl (C=O) groups is 1. The van der Waals surface area contributed by atoms with Gasteiger partial charge in [0.25, 0.3) is 5.95 Å². The van der Waals surface area contributed by atoms with E-state index in [1.807, 2.05) is 58.0 Å². The predicted molar refractivity (Wildman–Crippen MR) is 111 cm³/mol. The lowest BCUT2D eigenvalue weighted by Crippen LogP contribution is -2.35. The molecule has 0 N–H and O–H groups in total. The van der Waals surface area contributed by atoms with Crippen LogP contribution in [0.3, 0.4) is 0 Å². The molecule has 0 bridgehead atoms. The summed E-state index contributed by atoms with van der Waals surface area (Å²) < 4.78 is 7.55. The van der Waals surface area contributed by atoms with Gasteiger partial charge in [-0.25, -0.2) is 9.97 Å². The lowest BCUT2D eigenvalue weighted by molar-refractivity contribution is -0.118. The molecule has 1 atom stereocenters. The van der Waals surface area contributed by atoms with E-state index in [-0.39, 0.29) is 11.8 Å². The summed E-state index contributed by atoms with van der Waals surface area (Å²) in [6.07, 6.45) is 0.369. The van der Waals surface area contributed by atoms with Crippen LogP contribution in [0.2, 0.25) is 0 Å². The minimum absolute atomic E-state index is 0.0272. The molecule has 1 amide bonds. The third-order valence-corrected chi connectivity index (χ3v) is 5.25. The Bertz CT molecular complexity index is 1070. The van der Waals surface area contributed by atoms with Crippen molar-refractivity contribution in [1.29, 1.82) is 0 Å². The minimum Gasteiger partial charge on any atom is -0.494 e. The van der Waals surface area contributed by atoms with Gasteiger partial charge >= 0.3 is 0 Å². The number of anilines is 1. The van der Waals surface area contributed by atoms with Crippen LogP contribution in [0.15, 0.2) is 30.3 Å². The Hall–Kier alpha value is -3.22. The van der Waals surface area contributed by atoms with Gasteiger partial charge < -0.3 is 4.74 Å². The molecule has 1 aromatic carbocycles. The van der Waals surface area contributed by atoms with Crippen LogP contribution >= 0.6 is 0 Å². The number of nitrogens with zero attached hydrogens (tertiary/aromatic N) is 5. The van der Waals surface area contributed by atoms with Gasteiger partial charge in [0.2, 0.25) is 5.91 Å². The number of rotatable bonds is 4. The smallest absolute Gasteiger partial charge is 0.252 e. The van der Waals surface area contributed by atoms with E-state index >= 15 is 0 Å². The number of hydrogen-bond acceptors (Lipinski definition) is 5. The molecular formula is C22H25N5O2. The number of aryl methyl sites for hydroxylation is 3. The van der Waals surface area contributed by atoms with Crippen LogP contribution < -0.4 is 9.64 Å². The largest absolute Gasteiger partial charge is 0.494 e. The number of amides is 1. The highest BCUT2D eigenvalue weighted by molar-refractivity contribution is 5.97. The molecule has 7 nitrogen and oxygen atoms in total. The molecule has 3 aromatic rings. The Balaban J connectivity index is 1.93. The second-order valence-corrected chi connectivity index (χ2v) is 7.37. The Labute approximate surface area is 170 Å². The molecule has 0 spiro atoms. The molecule has 3 heterocycles. The van der Waals surface area contributed by atoms with Crippen LogP contribution in [0.25, 0.3) is 5.95 Å². The number of ether oxygens (including phenoxy) is 1. The summed E-state index contributed by atoms with van der Waals surface area (Å²) >= 11 is 0. The molecule has 0 aliphatic carbocycles. The first-order chi connectivity index (χ1) is 13.9. The van der Waals surface area contributed by atoms with Crippen molar-refractivity contribution < 1.29 is 9.53 Å². The van der Waals surface area contributed by atoms with Gasteiger partial charge in [-0.2, -0.15) is 9.78 Å². The van der Waals surface area contributed by atoms with Crippen LogP contribution in [-0.2, 0) is 4.79 Å². The average Bonchev–Trinajstić information content (AvgIpc) is 3.02. The Morgan fingerprint density at radius 1 is 1.14 bits per heavy atom. The standard InChI is InChI=1S/C22H25N5O2/c1-6-29-18-10-8-7-9-16(18)17-12-19(28)26(5)21-20(17)15(4)25-27(21)22-23-13(2)11-14(3)24-22/h7-11,17H,6,12H2,1-5H3. The molecule has 0 radical (unpaired) electrons. The van der Waals surface area contributed by atoms with Crippen molar-refractivity contribution >= 4 is 11.7 Å². The molecule has 29 heavy (non-hydrogen) atoms. The number of carbonyl (C=O) groups excluding carboxylic acids is 1. The first-order valence-electron chi connectivity index (χ1n) is 9.81. The first-order valence-corrected chi connectivity index (χ1v) is 9.81. The summed E-state index contributed by atoms with van der Waals surface area (Å²) in [4.78, 5) is 23.7. The number of para-hydroxylation sites is 1. The third-order valence-electron chi connectivity index (χ3n) is 5.25. The molecule has 0 saturated carbocycles. The van der Waals surface area contributed by atoms with Gasteiger partial charge in [0.1, 0.15) is 11.6 Å². The van der Waals surface area contributed by atoms with E-state index in [2.05, 4.69) is 9.97 Å². The number of benzene rings is 1. The number of fused-ring (bicyclic) bond motifs is 1. The van der Waals surface area contributed by atoms with Gasteiger partial charge in [-0.1, -0.05) is 18.2 Å². The monoisotopic (exact) mass is 391 g/mol. The van der Waals surface area contributed by atoms with Crippen molar-refractivity contribution in [3.05, 3.63) is 58.5 Å². The molecule has 0 saturated heterocycles. The molecule has 2 aromatic heterocycles. The van der Waals surface area contributed by atoms with Crippen molar-refractivity contribution in [3.8, 4) is 11.7 Å². The predicted octanol–water partition coefficient (Wildman–Crippen LogP) is 3.48. The van der Waals surface area contributed by atoms with Crippen molar-refractivity contribution in [2.75, 3.05) is 18.6 Å². The second-order valence-electron chi connectivity index (χ2n) is 7.37. The van der Waals surface area contributed by atoms with E-state index in [1.54, 1.807) is 16.6 Å². The average molecular weight is 391 g/mol. The maximum absolute atomic E-state index is 12.9. The molecule has 4 rings (SSSR count). The van der Waals surface area contributed by atoms with Crippen LogP contribution in [0.4, 0.5) is 5.82 Å². The van der Waals surface area contributed by atoms with Crippen LogP contribution in [0.5, 0.6) is 5.75 Å². The molecule has 1 unspecified atom stereocenters. The highest BCUT2D eigenvalue weighted by Gasteiger charge is 2.37. The molecule has 1 aliphatic rings. The second kappa shape index (κ2) is 7.31. The maximum atomic E-state index is 12.9. The summed E-state index contributed by atoms with van der Waals surface area (Å²) in [5.41, 5.74) is 4.59. The van der Waals surface area contributed by atoms with E-state index in [1.165, 1.54) is 0 Å². The molecule has 7 heteroatoms. The van der Waals surface area contributed by atoms with E-state index in [9.17, 15) is 4.79 Å². The summed E-state index contributed by atoms with van der Waals surface area (Å²) in [5.74, 6) is 1.90. The zero-order chi connectivity index (χ0) is 20.7. The SMILES string of the molecule is CCOc1ccccc1C1CC(=O)N(C)c2c1c(C)nn2-c1nc(C)cc(C)n1. The van der Waals surface area contributed by atoms with Gasteiger partial charge in [0.15, 0.2) is 0 Å². The van der Waals surface area contributed by atoms with E-state index in [4.69, 9.17) is 9.84 Å². The zero-order valence-corrected chi connectivity index (χ0v) is 17.4. The topological polar surface area (TPSA) is 73.1 Å². The zero-order valence-electron chi connectivity index (χ0n) is 17.4. The summed E-state index contributed by atoms with van der Waals surface area (Å²) in [5, 5.41) is 4.74. The van der Waals surface area contributed by atoms with Gasteiger partial charge in [-0.05, 0) is 39.8 Å². The van der Waals surface area contributed by atoms with E-state index in [0.717, 1.165) is 39.8 Å². The molecular weight excluding hydrogens is 366 g/mol. The lowest BCUT2D eigenvalue weighted by atomic mass is 9.84. The Kier molecular flexibility index (Phi) is 4.82. The minimum atomic E-state index is -0.129. The number of hydrogen-bond donors (Lipinski definition) is 0. The lowest BCUT2D eigenvalue weighted by Gasteiger charge is -2.31. The van der Waals surface area contributed by atoms with Crippen molar-refractivity contribution in [2.45, 2.75) is 40.0 Å². The fourth-order valence-corrected chi connectivity index (χ4v) is 4.05. The molecule has 150 valence electrons. The summed E-state index contributed by atoms with van der Waals surface area (Å²) in [7, 11) is 1.78. The Morgan fingerprint density at radius 2 is 1.83 bits per heavy atom. The highest BCUT2D eigenvalue weighted by Crippen LogP contribution is 2.44. The quantitative estimate of drug-likeness (QED) is 0.681.